The summed E-state index contributed by atoms with van der Waals surface area (Å²) in [6, 6.07) is 0. The van der Waals surface area contributed by atoms with Gasteiger partial charge in [-0.15, -0.1) is 0 Å². The van der Waals surface area contributed by atoms with Crippen LogP contribution in [0.1, 0.15) is 98.8 Å². The van der Waals surface area contributed by atoms with Gasteiger partial charge in [-0.1, -0.05) is 103 Å². The Hall–Kier alpha value is 0.452. The molecule has 0 spiro atoms. The molecule has 0 aromatic heterocycles. The Morgan fingerprint density at radius 2 is 1.30 bits per heavy atom. The van der Waals surface area contributed by atoms with E-state index >= 15 is 0 Å². The molecule has 0 aliphatic carbocycles. The van der Waals surface area contributed by atoms with E-state index in [-0.39, 0.29) is 6.29 Å². The molecule has 3 heteroatoms. The summed E-state index contributed by atoms with van der Waals surface area (Å²) in [5.74, 6) is 0.590. The monoisotopic (exact) mass is 342 g/mol. The van der Waals surface area contributed by atoms with Crippen LogP contribution in [0.2, 0.25) is 10.6 Å². The summed E-state index contributed by atoms with van der Waals surface area (Å²) in [4.78, 5) is 0. The molecule has 0 fully saturated rings. The van der Waals surface area contributed by atoms with Gasteiger partial charge in [0.05, 0.1) is 6.61 Å². The van der Waals surface area contributed by atoms with Crippen molar-refractivity contribution in [2.24, 2.45) is 5.92 Å². The lowest BCUT2D eigenvalue weighted by Gasteiger charge is -2.24. The summed E-state index contributed by atoms with van der Waals surface area (Å²) in [7, 11) is 0. The summed E-state index contributed by atoms with van der Waals surface area (Å²) in [5, 5.41) is 2.69. The van der Waals surface area contributed by atoms with Crippen molar-refractivity contribution >= 4 is 14.5 Å². The topological polar surface area (TPSA) is 18.5 Å². The third-order valence-corrected chi connectivity index (χ3v) is 7.04. The fourth-order valence-electron chi connectivity index (χ4n) is 2.82. The molecule has 0 radical (unpaired) electrons. The molecule has 1 unspecified atom stereocenters. The van der Waals surface area contributed by atoms with Crippen LogP contribution < -0.4 is 0 Å². The molecular weight excluding hydrogens is 299 g/mol. The average molecular weight is 343 g/mol. The Labute approximate surface area is 151 Å². The Kier molecular flexibility index (Phi) is 17.6. The third kappa shape index (κ3) is 15.7. The van der Waals surface area contributed by atoms with Crippen LogP contribution in [0.15, 0.2) is 0 Å². The maximum atomic E-state index is 6.52. The molecule has 0 aliphatic heterocycles. The van der Waals surface area contributed by atoms with Crippen LogP contribution in [-0.4, -0.2) is 27.4 Å². The highest BCUT2D eigenvalue weighted by Crippen LogP contribution is 2.18. The third-order valence-electron chi connectivity index (χ3n) is 4.24. The summed E-state index contributed by atoms with van der Waals surface area (Å²) in [6.45, 7) is 12.1. The SMILES string of the molecule is CCCCC[CH2][Al]([CH2]CCCCC)[O]C(CCC)OCC(C)C. The molecule has 2 nitrogen and oxygen atoms in total. The first-order valence-electron chi connectivity index (χ1n) is 10.4. The molecule has 23 heavy (non-hydrogen) atoms. The molecule has 0 N–H and O–H groups in total. The second-order valence-corrected chi connectivity index (χ2v) is 10.1. The minimum Gasteiger partial charge on any atom is -0.478 e. The van der Waals surface area contributed by atoms with E-state index in [9.17, 15) is 0 Å². The van der Waals surface area contributed by atoms with Crippen LogP contribution in [0.25, 0.3) is 0 Å². The molecule has 0 saturated heterocycles. The van der Waals surface area contributed by atoms with Gasteiger partial charge in [-0.2, -0.15) is 0 Å². The quantitative estimate of drug-likeness (QED) is 0.162. The highest BCUT2D eigenvalue weighted by molar-refractivity contribution is 6.51. The van der Waals surface area contributed by atoms with Crippen molar-refractivity contribution in [3.63, 3.8) is 0 Å². The van der Waals surface area contributed by atoms with E-state index in [4.69, 9.17) is 8.53 Å². The van der Waals surface area contributed by atoms with E-state index in [2.05, 4.69) is 34.6 Å². The first-order valence-corrected chi connectivity index (χ1v) is 12.5. The van der Waals surface area contributed by atoms with Gasteiger partial charge >= 0.3 is 14.5 Å². The number of hydrogen-bond donors (Lipinski definition) is 0. The summed E-state index contributed by atoms with van der Waals surface area (Å²) in [6.07, 6.45) is 13.1. The summed E-state index contributed by atoms with van der Waals surface area (Å²) >= 11 is -1.10. The molecule has 0 bridgehead atoms. The Morgan fingerprint density at radius 1 is 0.739 bits per heavy atom. The molecule has 138 valence electrons. The first kappa shape index (κ1) is 23.5. The maximum absolute atomic E-state index is 6.52. The van der Waals surface area contributed by atoms with Gasteiger partial charge in [-0.25, -0.2) is 0 Å². The van der Waals surface area contributed by atoms with Gasteiger partial charge in [-0.05, 0) is 12.3 Å². The van der Waals surface area contributed by atoms with Crippen molar-refractivity contribution in [1.29, 1.82) is 0 Å². The van der Waals surface area contributed by atoms with Crippen LogP contribution in [0, 0.1) is 5.92 Å². The molecule has 0 amide bonds. The molecule has 0 saturated carbocycles. The maximum Gasteiger partial charge on any atom is 0.462 e. The van der Waals surface area contributed by atoms with Crippen molar-refractivity contribution in [2.45, 2.75) is 116 Å². The van der Waals surface area contributed by atoms with Gasteiger partial charge in [0, 0.05) is 0 Å². The van der Waals surface area contributed by atoms with Crippen molar-refractivity contribution < 1.29 is 8.53 Å². The van der Waals surface area contributed by atoms with E-state index in [1.54, 1.807) is 0 Å². The minimum atomic E-state index is -1.10. The van der Waals surface area contributed by atoms with E-state index in [0.29, 0.717) is 5.92 Å². The normalized spacial score (nSPS) is 12.8. The number of hydrogen-bond acceptors (Lipinski definition) is 2. The fraction of sp³-hybridized carbons (Fsp3) is 1.00. The fourth-order valence-corrected chi connectivity index (χ4v) is 5.51. The molecule has 0 aliphatic rings. The van der Waals surface area contributed by atoms with Crippen LogP contribution in [0.3, 0.4) is 0 Å². The zero-order chi connectivity index (χ0) is 17.3. The second kappa shape index (κ2) is 17.3. The van der Waals surface area contributed by atoms with Gasteiger partial charge in [0.1, 0.15) is 6.29 Å². The largest absolute Gasteiger partial charge is 0.478 e. The smallest absolute Gasteiger partial charge is 0.462 e. The number of rotatable bonds is 17. The van der Waals surface area contributed by atoms with Crippen molar-refractivity contribution in [2.75, 3.05) is 6.61 Å². The zero-order valence-corrected chi connectivity index (χ0v) is 17.9. The standard InChI is InChI=1S/C8H17O2.2C6H13.Al/c1-4-5-8(9)10-6-7(2)3;2*1-3-5-6-4-2;/h7-8H,4-6H2,1-3H3;2*1,3-6H2,2H3;/q-1;;;+1. The van der Waals surface area contributed by atoms with Crippen molar-refractivity contribution in [1.82, 2.24) is 0 Å². The van der Waals surface area contributed by atoms with Crippen LogP contribution in [0.4, 0.5) is 0 Å². The van der Waals surface area contributed by atoms with Crippen LogP contribution >= 0.6 is 0 Å². The van der Waals surface area contributed by atoms with E-state index < -0.39 is 14.5 Å². The molecule has 1 atom stereocenters. The van der Waals surface area contributed by atoms with Gasteiger partial charge in [0.2, 0.25) is 0 Å². The van der Waals surface area contributed by atoms with Gasteiger partial charge in [0.15, 0.2) is 0 Å². The highest BCUT2D eigenvalue weighted by Gasteiger charge is 2.24. The van der Waals surface area contributed by atoms with Gasteiger partial charge in [-0.3, -0.25) is 0 Å². The van der Waals surface area contributed by atoms with Crippen molar-refractivity contribution in [3.8, 4) is 0 Å². The summed E-state index contributed by atoms with van der Waals surface area (Å²) < 4.78 is 12.6. The average Bonchev–Trinajstić information content (AvgIpc) is 2.53. The molecular formula is C20H43AlO2. The summed E-state index contributed by atoms with van der Waals surface area (Å²) in [5.41, 5.74) is 0. The van der Waals surface area contributed by atoms with Crippen LogP contribution in [-0.2, 0) is 8.53 Å². The Balaban J connectivity index is 4.27. The predicted molar refractivity (Wildman–Crippen MR) is 104 cm³/mol. The first-order chi connectivity index (χ1) is 11.1. The van der Waals surface area contributed by atoms with E-state index in [1.165, 1.54) is 61.9 Å². The lowest BCUT2D eigenvalue weighted by Crippen LogP contribution is -2.29. The van der Waals surface area contributed by atoms with Gasteiger partial charge in [0.25, 0.3) is 0 Å². The minimum absolute atomic E-state index is 0.0661. The molecule has 0 heterocycles. The van der Waals surface area contributed by atoms with Crippen LogP contribution in [0.5, 0.6) is 0 Å². The van der Waals surface area contributed by atoms with Gasteiger partial charge < -0.3 is 8.53 Å². The molecule has 0 aromatic carbocycles. The zero-order valence-electron chi connectivity index (χ0n) is 16.7. The Bertz CT molecular complexity index is 222. The molecule has 0 rings (SSSR count). The number of unbranched alkanes of at least 4 members (excludes halogenated alkanes) is 6. The Morgan fingerprint density at radius 3 is 1.74 bits per heavy atom. The molecule has 0 aromatic rings. The predicted octanol–water partition coefficient (Wildman–Crippen LogP) is 6.95. The van der Waals surface area contributed by atoms with Crippen molar-refractivity contribution in [3.05, 3.63) is 0 Å². The highest BCUT2D eigenvalue weighted by atomic mass is 27.2. The number of ether oxygens (including phenoxy) is 1. The lowest BCUT2D eigenvalue weighted by atomic mass is 10.2. The van der Waals surface area contributed by atoms with E-state index in [1.807, 2.05) is 0 Å². The lowest BCUT2D eigenvalue weighted by molar-refractivity contribution is -0.0960. The second-order valence-electron chi connectivity index (χ2n) is 7.40. The van der Waals surface area contributed by atoms with E-state index in [0.717, 1.165) is 19.4 Å².